The molecule has 0 aliphatic rings. The lowest BCUT2D eigenvalue weighted by atomic mass is 10.2. The average Bonchev–Trinajstić information content (AvgIpc) is 2.88. The molecule has 8 heteroatoms. The molecule has 0 amide bonds. The summed E-state index contributed by atoms with van der Waals surface area (Å²) in [6.45, 7) is 1.76. The zero-order valence-electron chi connectivity index (χ0n) is 11.7. The number of aromatic nitrogens is 4. The lowest BCUT2D eigenvalue weighted by molar-refractivity contribution is -0.374. The summed E-state index contributed by atoms with van der Waals surface area (Å²) >= 11 is 0. The smallest absolute Gasteiger partial charge is 0.439 e. The summed E-state index contributed by atoms with van der Waals surface area (Å²) in [5.41, 5.74) is -1.16. The number of rotatable bonds is 1. The topological polar surface area (TPSA) is 104 Å². The van der Waals surface area contributed by atoms with Crippen molar-refractivity contribution >= 4 is 11.0 Å². The molecule has 0 unspecified atom stereocenters. The second kappa shape index (κ2) is 4.30. The van der Waals surface area contributed by atoms with Gasteiger partial charge in [0.2, 0.25) is 5.65 Å². The Morgan fingerprint density at radius 2 is 1.86 bits per heavy atom. The SMILES string of the molecule is Cc1ccc(-c2[nH]c(=O)[nH+]c3c2c(=O)n(C)c(=O)n3C)o1. The average molecular weight is 289 g/mol. The summed E-state index contributed by atoms with van der Waals surface area (Å²) in [6.07, 6.45) is 0. The summed E-state index contributed by atoms with van der Waals surface area (Å²) in [5, 5.41) is 0.188. The Bertz CT molecular complexity index is 1030. The molecule has 0 spiro atoms. The predicted octanol–water partition coefficient (Wildman–Crippen LogP) is -0.692. The number of hydrogen-bond acceptors (Lipinski definition) is 4. The van der Waals surface area contributed by atoms with E-state index in [2.05, 4.69) is 9.97 Å². The van der Waals surface area contributed by atoms with Gasteiger partial charge in [0.05, 0.1) is 7.05 Å². The number of H-pyrrole nitrogens is 2. The van der Waals surface area contributed by atoms with Crippen LogP contribution in [0.15, 0.2) is 30.9 Å². The van der Waals surface area contributed by atoms with Crippen LogP contribution >= 0.6 is 0 Å². The molecular weight excluding hydrogens is 276 g/mol. The molecule has 0 bridgehead atoms. The Labute approximate surface area is 117 Å². The van der Waals surface area contributed by atoms with Gasteiger partial charge in [0.25, 0.3) is 5.56 Å². The number of fused-ring (bicyclic) bond motifs is 1. The molecule has 21 heavy (non-hydrogen) atoms. The molecule has 0 aromatic carbocycles. The monoisotopic (exact) mass is 289 g/mol. The van der Waals surface area contributed by atoms with E-state index in [4.69, 9.17) is 4.42 Å². The Morgan fingerprint density at radius 1 is 1.14 bits per heavy atom. The van der Waals surface area contributed by atoms with Crippen LogP contribution in [-0.2, 0) is 14.1 Å². The van der Waals surface area contributed by atoms with Gasteiger partial charge in [-0.2, -0.15) is 0 Å². The summed E-state index contributed by atoms with van der Waals surface area (Å²) in [7, 11) is 2.86. The van der Waals surface area contributed by atoms with Crippen LogP contribution < -0.4 is 21.9 Å². The first-order valence-corrected chi connectivity index (χ1v) is 6.22. The molecule has 0 saturated heterocycles. The van der Waals surface area contributed by atoms with Crippen molar-refractivity contribution in [3.8, 4) is 11.5 Å². The van der Waals surface area contributed by atoms with Gasteiger partial charge in [-0.3, -0.25) is 4.79 Å². The highest BCUT2D eigenvalue weighted by Crippen LogP contribution is 2.22. The van der Waals surface area contributed by atoms with E-state index in [1.807, 2.05) is 0 Å². The number of nitrogens with one attached hydrogen (secondary N) is 2. The summed E-state index contributed by atoms with van der Waals surface area (Å²) in [5.74, 6) is 1.01. The fourth-order valence-electron chi connectivity index (χ4n) is 2.28. The van der Waals surface area contributed by atoms with E-state index in [-0.39, 0.29) is 16.7 Å². The second-order valence-electron chi connectivity index (χ2n) is 4.79. The molecule has 3 heterocycles. The van der Waals surface area contributed by atoms with Crippen LogP contribution in [0.3, 0.4) is 0 Å². The third-order valence-corrected chi connectivity index (χ3v) is 3.37. The standard InChI is InChI=1S/C13H12N4O4/c1-6-4-5-7(21-6)9-8-10(15-12(19)14-9)16(2)13(20)17(3)11(8)18/h4-5H,1-3H3,(H,14,15,19)/p+1. The molecule has 3 aromatic heterocycles. The van der Waals surface area contributed by atoms with Crippen molar-refractivity contribution in [1.82, 2.24) is 14.1 Å². The minimum atomic E-state index is -0.533. The van der Waals surface area contributed by atoms with E-state index in [1.54, 1.807) is 19.1 Å². The molecule has 3 rings (SSSR count). The second-order valence-corrected chi connectivity index (χ2v) is 4.79. The number of furan rings is 1. The van der Waals surface area contributed by atoms with E-state index in [0.29, 0.717) is 11.5 Å². The van der Waals surface area contributed by atoms with Crippen molar-refractivity contribution in [1.29, 1.82) is 0 Å². The molecule has 0 atom stereocenters. The van der Waals surface area contributed by atoms with E-state index in [9.17, 15) is 14.4 Å². The lowest BCUT2D eigenvalue weighted by Gasteiger charge is -2.04. The summed E-state index contributed by atoms with van der Waals surface area (Å²) < 4.78 is 7.67. The maximum atomic E-state index is 12.4. The van der Waals surface area contributed by atoms with E-state index in [0.717, 1.165) is 4.57 Å². The largest absolute Gasteiger partial charge is 0.458 e. The fourth-order valence-corrected chi connectivity index (χ4v) is 2.28. The normalized spacial score (nSPS) is 11.2. The van der Waals surface area contributed by atoms with Gasteiger partial charge in [-0.15, -0.1) is 0 Å². The minimum Gasteiger partial charge on any atom is -0.458 e. The molecule has 0 fully saturated rings. The van der Waals surface area contributed by atoms with E-state index >= 15 is 0 Å². The zero-order valence-corrected chi connectivity index (χ0v) is 11.7. The van der Waals surface area contributed by atoms with Gasteiger partial charge in [-0.25, -0.2) is 28.7 Å². The summed E-state index contributed by atoms with van der Waals surface area (Å²) in [4.78, 5) is 41.1. The minimum absolute atomic E-state index is 0.149. The van der Waals surface area contributed by atoms with Crippen LogP contribution in [0.1, 0.15) is 5.76 Å². The van der Waals surface area contributed by atoms with Gasteiger partial charge < -0.3 is 4.42 Å². The Hall–Kier alpha value is -2.90. The Morgan fingerprint density at radius 3 is 2.48 bits per heavy atom. The van der Waals surface area contributed by atoms with Crippen LogP contribution in [-0.4, -0.2) is 14.1 Å². The van der Waals surface area contributed by atoms with Crippen LogP contribution in [0.25, 0.3) is 22.5 Å². The first-order chi connectivity index (χ1) is 9.90. The van der Waals surface area contributed by atoms with Gasteiger partial charge in [0, 0.05) is 7.05 Å². The van der Waals surface area contributed by atoms with Crippen molar-refractivity contribution in [2.24, 2.45) is 14.1 Å². The number of aryl methyl sites for hydroxylation is 2. The Balaban J connectivity index is 2.61. The molecule has 0 aliphatic heterocycles. The number of aromatic amines is 2. The van der Waals surface area contributed by atoms with Crippen molar-refractivity contribution in [3.63, 3.8) is 0 Å². The highest BCUT2D eigenvalue weighted by Gasteiger charge is 2.22. The maximum absolute atomic E-state index is 12.4. The molecule has 8 nitrogen and oxygen atoms in total. The van der Waals surface area contributed by atoms with Gasteiger partial charge in [-0.05, 0) is 19.1 Å². The predicted molar refractivity (Wildman–Crippen MR) is 74.0 cm³/mol. The Kier molecular flexibility index (Phi) is 2.68. The maximum Gasteiger partial charge on any atom is 0.439 e. The van der Waals surface area contributed by atoms with Crippen LogP contribution in [0, 0.1) is 6.92 Å². The third kappa shape index (κ3) is 1.83. The van der Waals surface area contributed by atoms with Crippen LogP contribution in [0.2, 0.25) is 0 Å². The van der Waals surface area contributed by atoms with E-state index < -0.39 is 16.9 Å². The quantitative estimate of drug-likeness (QED) is 0.640. The number of hydrogen-bond donors (Lipinski definition) is 1. The van der Waals surface area contributed by atoms with Gasteiger partial charge >= 0.3 is 11.4 Å². The zero-order chi connectivity index (χ0) is 15.3. The van der Waals surface area contributed by atoms with Crippen molar-refractivity contribution in [3.05, 3.63) is 49.2 Å². The first kappa shape index (κ1) is 13.1. The highest BCUT2D eigenvalue weighted by atomic mass is 16.3. The molecule has 0 radical (unpaired) electrons. The van der Waals surface area contributed by atoms with Crippen LogP contribution in [0.4, 0.5) is 0 Å². The molecule has 108 valence electrons. The molecular formula is C13H13N4O4+. The number of nitrogens with zero attached hydrogens (tertiary/aromatic N) is 2. The van der Waals surface area contributed by atoms with Crippen molar-refractivity contribution < 1.29 is 9.40 Å². The third-order valence-electron chi connectivity index (χ3n) is 3.37. The molecule has 3 aromatic rings. The van der Waals surface area contributed by atoms with Crippen molar-refractivity contribution in [2.45, 2.75) is 6.92 Å². The lowest BCUT2D eigenvalue weighted by Crippen LogP contribution is -2.43. The summed E-state index contributed by atoms with van der Waals surface area (Å²) in [6, 6.07) is 3.38. The molecule has 2 N–H and O–H groups in total. The van der Waals surface area contributed by atoms with Gasteiger partial charge in [-0.1, -0.05) is 0 Å². The fraction of sp³-hybridized carbons (Fsp3) is 0.231. The highest BCUT2D eigenvalue weighted by molar-refractivity contribution is 5.86. The van der Waals surface area contributed by atoms with Crippen LogP contribution in [0.5, 0.6) is 0 Å². The van der Waals surface area contributed by atoms with E-state index in [1.165, 1.54) is 18.7 Å². The van der Waals surface area contributed by atoms with Gasteiger partial charge in [0.1, 0.15) is 5.76 Å². The van der Waals surface area contributed by atoms with Gasteiger partial charge in [0.15, 0.2) is 16.8 Å². The first-order valence-electron chi connectivity index (χ1n) is 6.22. The van der Waals surface area contributed by atoms with Crippen molar-refractivity contribution in [2.75, 3.05) is 0 Å². The molecule has 0 aliphatic carbocycles. The molecule has 0 saturated carbocycles.